The Morgan fingerprint density at radius 2 is 1.70 bits per heavy atom. The lowest BCUT2D eigenvalue weighted by Crippen LogP contribution is -2.38. The van der Waals surface area contributed by atoms with Crippen LogP contribution in [0.25, 0.3) is 0 Å². The highest BCUT2D eigenvalue weighted by Gasteiger charge is 2.20. The van der Waals surface area contributed by atoms with E-state index in [-0.39, 0.29) is 13.1 Å². The van der Waals surface area contributed by atoms with Crippen LogP contribution in [-0.2, 0) is 26.0 Å². The molecule has 2 aromatic carbocycles. The van der Waals surface area contributed by atoms with Gasteiger partial charge in [0.1, 0.15) is 0 Å². The average molecular weight is 433 g/mol. The first kappa shape index (κ1) is 23.6. The summed E-state index contributed by atoms with van der Waals surface area (Å²) in [4.78, 5) is 24.3. The number of sulfonamides is 1. The summed E-state index contributed by atoms with van der Waals surface area (Å²) in [7, 11) is -3.54. The first-order valence-corrected chi connectivity index (χ1v) is 11.7. The van der Waals surface area contributed by atoms with Crippen LogP contribution in [0.5, 0.6) is 0 Å². The van der Waals surface area contributed by atoms with Crippen molar-refractivity contribution < 1.29 is 22.7 Å². The summed E-state index contributed by atoms with van der Waals surface area (Å²) in [6.07, 6.45) is 3.34. The summed E-state index contributed by atoms with van der Waals surface area (Å²) >= 11 is 0. The van der Waals surface area contributed by atoms with Gasteiger partial charge in [-0.15, -0.1) is 0 Å². The van der Waals surface area contributed by atoms with Crippen LogP contribution in [0.1, 0.15) is 35.7 Å². The fourth-order valence-electron chi connectivity index (χ4n) is 2.70. The molecule has 0 aliphatic rings. The maximum atomic E-state index is 12.4. The summed E-state index contributed by atoms with van der Waals surface area (Å²) in [5.74, 6) is -0.864. The van der Waals surface area contributed by atoms with Crippen molar-refractivity contribution in [3.63, 3.8) is 0 Å². The first-order chi connectivity index (χ1) is 14.3. The normalized spacial score (nSPS) is 11.3. The van der Waals surface area contributed by atoms with Crippen molar-refractivity contribution in [2.24, 2.45) is 0 Å². The van der Waals surface area contributed by atoms with Crippen molar-refractivity contribution in [3.05, 3.63) is 65.7 Å². The van der Waals surface area contributed by atoms with Crippen molar-refractivity contribution in [3.8, 4) is 0 Å². The molecule has 0 fully saturated rings. The number of nitrogens with zero attached hydrogens (tertiary/aromatic N) is 1. The molecule has 1 N–H and O–H groups in total. The van der Waals surface area contributed by atoms with E-state index < -0.39 is 21.9 Å². The molecule has 0 radical (unpaired) electrons. The van der Waals surface area contributed by atoms with E-state index >= 15 is 0 Å². The number of amides is 1. The summed E-state index contributed by atoms with van der Waals surface area (Å²) in [6, 6.07) is 15.8. The van der Waals surface area contributed by atoms with E-state index in [2.05, 4.69) is 5.32 Å². The highest BCUT2D eigenvalue weighted by molar-refractivity contribution is 7.88. The van der Waals surface area contributed by atoms with Crippen LogP contribution in [0.4, 0.5) is 5.69 Å². The third-order valence-corrected chi connectivity index (χ3v) is 5.67. The van der Waals surface area contributed by atoms with Crippen molar-refractivity contribution in [2.75, 3.05) is 31.3 Å². The molecule has 0 bridgehead atoms. The Balaban J connectivity index is 1.92. The summed E-state index contributed by atoms with van der Waals surface area (Å²) in [5, 5.41) is 2.66. The van der Waals surface area contributed by atoms with Gasteiger partial charge in [0, 0.05) is 12.2 Å². The van der Waals surface area contributed by atoms with Crippen molar-refractivity contribution in [1.82, 2.24) is 4.31 Å². The number of esters is 1. The van der Waals surface area contributed by atoms with E-state index in [1.165, 1.54) is 0 Å². The summed E-state index contributed by atoms with van der Waals surface area (Å²) in [6.45, 7) is 2.31. The largest absolute Gasteiger partial charge is 0.462 e. The molecular formula is C22H28N2O5S. The molecule has 162 valence electrons. The fraction of sp³-hybridized carbons (Fsp3) is 0.364. The molecule has 0 spiro atoms. The maximum absolute atomic E-state index is 12.4. The predicted octanol–water partition coefficient (Wildman–Crippen LogP) is 3.09. The Bertz CT molecular complexity index is 928. The zero-order valence-corrected chi connectivity index (χ0v) is 18.2. The summed E-state index contributed by atoms with van der Waals surface area (Å²) < 4.78 is 30.4. The van der Waals surface area contributed by atoms with E-state index in [0.29, 0.717) is 24.3 Å². The first-order valence-electron chi connectivity index (χ1n) is 9.85. The molecule has 0 saturated carbocycles. The number of anilines is 1. The second-order valence-corrected chi connectivity index (χ2v) is 8.93. The molecule has 0 aromatic heterocycles. The van der Waals surface area contributed by atoms with Gasteiger partial charge in [-0.25, -0.2) is 13.2 Å². The van der Waals surface area contributed by atoms with Gasteiger partial charge in [-0.1, -0.05) is 43.7 Å². The number of carbonyl (C=O) groups excluding carboxylic acids is 2. The lowest BCUT2D eigenvalue weighted by Gasteiger charge is -2.19. The quantitative estimate of drug-likeness (QED) is 0.435. The van der Waals surface area contributed by atoms with Gasteiger partial charge in [0.2, 0.25) is 15.9 Å². The molecule has 0 saturated heterocycles. The number of ether oxygens (including phenoxy) is 1. The van der Waals surface area contributed by atoms with Gasteiger partial charge in [-0.05, 0) is 42.7 Å². The molecule has 30 heavy (non-hydrogen) atoms. The van der Waals surface area contributed by atoms with Crippen molar-refractivity contribution >= 4 is 27.6 Å². The minimum absolute atomic E-state index is 0.207. The molecule has 0 heterocycles. The molecule has 1 amide bonds. The molecule has 2 rings (SSSR count). The summed E-state index contributed by atoms with van der Waals surface area (Å²) in [5.41, 5.74) is 1.86. The number of rotatable bonds is 11. The maximum Gasteiger partial charge on any atom is 0.338 e. The second-order valence-electron chi connectivity index (χ2n) is 6.95. The third-order valence-electron chi connectivity index (χ3n) is 4.42. The van der Waals surface area contributed by atoms with Gasteiger partial charge in [0.15, 0.2) is 0 Å². The van der Waals surface area contributed by atoms with Gasteiger partial charge in [0.05, 0.1) is 25.0 Å². The Kier molecular flexibility index (Phi) is 9.01. The van der Waals surface area contributed by atoms with E-state index in [0.717, 1.165) is 29.0 Å². The molecule has 7 nitrogen and oxygen atoms in total. The molecule has 0 aliphatic heterocycles. The topological polar surface area (TPSA) is 92.8 Å². The fourth-order valence-corrected chi connectivity index (χ4v) is 3.48. The minimum atomic E-state index is -3.54. The van der Waals surface area contributed by atoms with E-state index in [1.54, 1.807) is 24.3 Å². The standard InChI is InChI=1S/C22H28N2O5S/c1-3-4-16-29-22(26)19-10-12-20(13-11-19)23-21(25)17-24(30(2,27)28)15-14-18-8-6-5-7-9-18/h5-13H,3-4,14-17H2,1-2H3,(H,23,25). The van der Waals surface area contributed by atoms with Gasteiger partial charge in [0.25, 0.3) is 0 Å². The molecule has 2 aromatic rings. The van der Waals surface area contributed by atoms with Gasteiger partial charge in [-0.3, -0.25) is 4.79 Å². The molecule has 8 heteroatoms. The number of hydrogen-bond acceptors (Lipinski definition) is 5. The van der Waals surface area contributed by atoms with Crippen LogP contribution in [0, 0.1) is 0 Å². The molecule has 0 aliphatic carbocycles. The Labute approximate surface area is 178 Å². The number of hydrogen-bond donors (Lipinski definition) is 1. The second kappa shape index (κ2) is 11.5. The zero-order chi connectivity index (χ0) is 22.0. The van der Waals surface area contributed by atoms with Crippen LogP contribution < -0.4 is 5.32 Å². The van der Waals surface area contributed by atoms with Crippen LogP contribution in [0.3, 0.4) is 0 Å². The Morgan fingerprint density at radius 3 is 2.30 bits per heavy atom. The average Bonchev–Trinajstić information content (AvgIpc) is 2.71. The van der Waals surface area contributed by atoms with Crippen LogP contribution in [-0.4, -0.2) is 50.6 Å². The number of unbranched alkanes of at least 4 members (excludes halogenated alkanes) is 1. The van der Waals surface area contributed by atoms with Crippen molar-refractivity contribution in [2.45, 2.75) is 26.2 Å². The van der Waals surface area contributed by atoms with Gasteiger partial charge < -0.3 is 10.1 Å². The van der Waals surface area contributed by atoms with E-state index in [4.69, 9.17) is 4.74 Å². The number of nitrogens with one attached hydrogen (secondary N) is 1. The van der Waals surface area contributed by atoms with Crippen LogP contribution in [0.2, 0.25) is 0 Å². The predicted molar refractivity (Wildman–Crippen MR) is 117 cm³/mol. The minimum Gasteiger partial charge on any atom is -0.462 e. The third kappa shape index (κ3) is 7.96. The lowest BCUT2D eigenvalue weighted by atomic mass is 10.1. The smallest absolute Gasteiger partial charge is 0.338 e. The van der Waals surface area contributed by atoms with Crippen LogP contribution in [0.15, 0.2) is 54.6 Å². The van der Waals surface area contributed by atoms with E-state index in [9.17, 15) is 18.0 Å². The highest BCUT2D eigenvalue weighted by atomic mass is 32.2. The Morgan fingerprint density at radius 1 is 1.03 bits per heavy atom. The lowest BCUT2D eigenvalue weighted by molar-refractivity contribution is -0.116. The Hall–Kier alpha value is -2.71. The SMILES string of the molecule is CCCCOC(=O)c1ccc(NC(=O)CN(CCc2ccccc2)S(C)(=O)=O)cc1. The van der Waals surface area contributed by atoms with Crippen molar-refractivity contribution in [1.29, 1.82) is 0 Å². The number of benzene rings is 2. The molecular weight excluding hydrogens is 404 g/mol. The monoisotopic (exact) mass is 432 g/mol. The van der Waals surface area contributed by atoms with Gasteiger partial charge >= 0.3 is 5.97 Å². The number of carbonyl (C=O) groups is 2. The van der Waals surface area contributed by atoms with E-state index in [1.807, 2.05) is 37.3 Å². The van der Waals surface area contributed by atoms with Gasteiger partial charge in [-0.2, -0.15) is 4.31 Å². The zero-order valence-electron chi connectivity index (χ0n) is 17.3. The molecule has 0 atom stereocenters. The highest BCUT2D eigenvalue weighted by Crippen LogP contribution is 2.12. The van der Waals surface area contributed by atoms with Crippen LogP contribution >= 0.6 is 0 Å². The molecule has 0 unspecified atom stereocenters.